The van der Waals surface area contributed by atoms with Gasteiger partial charge in [0.1, 0.15) is 23.6 Å². The Balaban J connectivity index is 1.56. The number of ether oxygens (including phenoxy) is 3. The minimum atomic E-state index is -0.696. The molecule has 0 saturated carbocycles. The molecule has 0 bridgehead atoms. The van der Waals surface area contributed by atoms with Crippen LogP contribution in [0.1, 0.15) is 33.8 Å². The highest BCUT2D eigenvalue weighted by molar-refractivity contribution is 8.00. The van der Waals surface area contributed by atoms with E-state index in [1.165, 1.54) is 26.2 Å². The van der Waals surface area contributed by atoms with E-state index < -0.39 is 18.0 Å². The Labute approximate surface area is 195 Å². The summed E-state index contributed by atoms with van der Waals surface area (Å²) in [5, 5.41) is -0.0196. The number of hydrogen-bond acceptors (Lipinski definition) is 8. The number of nitrogens with zero attached hydrogens (tertiary/aromatic N) is 2. The minimum Gasteiger partial charge on any atom is -0.462 e. The average molecular weight is 473 g/mol. The van der Waals surface area contributed by atoms with E-state index in [-0.39, 0.29) is 24.4 Å². The van der Waals surface area contributed by atoms with Crippen LogP contribution >= 0.6 is 11.8 Å². The number of carbonyl (C=O) groups is 2. The summed E-state index contributed by atoms with van der Waals surface area (Å²) in [5.74, 6) is 0.510. The minimum absolute atomic E-state index is 0.0196. The van der Waals surface area contributed by atoms with E-state index in [0.717, 1.165) is 28.4 Å². The van der Waals surface area contributed by atoms with Gasteiger partial charge in [0.25, 0.3) is 0 Å². The van der Waals surface area contributed by atoms with E-state index in [1.54, 1.807) is 30.0 Å². The van der Waals surface area contributed by atoms with Crippen molar-refractivity contribution in [1.29, 1.82) is 0 Å². The van der Waals surface area contributed by atoms with Gasteiger partial charge in [-0.25, -0.2) is 9.18 Å². The van der Waals surface area contributed by atoms with Gasteiger partial charge in [0.2, 0.25) is 0 Å². The molecule has 2 atom stereocenters. The monoisotopic (exact) mass is 472 g/mol. The molecule has 2 aliphatic rings. The first kappa shape index (κ1) is 23.3. The first-order chi connectivity index (χ1) is 16.0. The van der Waals surface area contributed by atoms with Crippen LogP contribution in [0, 0.1) is 5.82 Å². The van der Waals surface area contributed by atoms with Crippen molar-refractivity contribution in [3.05, 3.63) is 65.0 Å². The van der Waals surface area contributed by atoms with Crippen LogP contribution in [0.2, 0.25) is 0 Å². The summed E-state index contributed by atoms with van der Waals surface area (Å²) in [6.45, 7) is 1.96. The Bertz CT molecular complexity index is 1060. The van der Waals surface area contributed by atoms with Gasteiger partial charge < -0.3 is 19.1 Å². The summed E-state index contributed by atoms with van der Waals surface area (Å²) in [4.78, 5) is 30.8. The lowest BCUT2D eigenvalue weighted by molar-refractivity contribution is -0.145. The van der Waals surface area contributed by atoms with Crippen molar-refractivity contribution in [2.24, 2.45) is 4.99 Å². The van der Waals surface area contributed by atoms with Crippen LogP contribution in [0.3, 0.4) is 0 Å². The summed E-state index contributed by atoms with van der Waals surface area (Å²) >= 11 is 1.74. The highest BCUT2D eigenvalue weighted by atomic mass is 32.2. The molecule has 0 radical (unpaired) electrons. The van der Waals surface area contributed by atoms with Crippen LogP contribution in [0.15, 0.2) is 47.5 Å². The lowest BCUT2D eigenvalue weighted by Gasteiger charge is -2.27. The first-order valence-corrected chi connectivity index (χ1v) is 11.7. The SMILES string of the molecule is COCC(COC(C)=O)OC(=O)c1ccc2c(c1)CCN=C1CSC(c3ccc(F)cc3)N12. The summed E-state index contributed by atoms with van der Waals surface area (Å²) < 4.78 is 29.0. The molecule has 0 amide bonds. The number of hydrogen-bond donors (Lipinski definition) is 0. The normalized spacial score (nSPS) is 18.0. The van der Waals surface area contributed by atoms with Gasteiger partial charge in [0.15, 0.2) is 6.10 Å². The maximum Gasteiger partial charge on any atom is 0.338 e. The van der Waals surface area contributed by atoms with E-state index in [4.69, 9.17) is 19.2 Å². The van der Waals surface area contributed by atoms with Crippen LogP contribution in [-0.4, -0.2) is 56.5 Å². The number of aliphatic imine (C=N–C) groups is 1. The number of methoxy groups -OCH3 is 1. The molecular formula is C24H25FN2O5S. The van der Waals surface area contributed by atoms with Crippen molar-refractivity contribution < 1.29 is 28.2 Å². The van der Waals surface area contributed by atoms with E-state index in [1.807, 2.05) is 12.1 Å². The molecule has 7 nitrogen and oxygen atoms in total. The Morgan fingerprint density at radius 3 is 2.73 bits per heavy atom. The molecule has 33 heavy (non-hydrogen) atoms. The van der Waals surface area contributed by atoms with Crippen LogP contribution in [0.25, 0.3) is 0 Å². The van der Waals surface area contributed by atoms with Crippen LogP contribution in [0.5, 0.6) is 0 Å². The van der Waals surface area contributed by atoms with Crippen molar-refractivity contribution in [1.82, 2.24) is 0 Å². The number of amidine groups is 1. The van der Waals surface area contributed by atoms with Crippen LogP contribution in [-0.2, 0) is 25.4 Å². The number of rotatable bonds is 7. The molecule has 174 valence electrons. The number of benzene rings is 2. The lowest BCUT2D eigenvalue weighted by atomic mass is 10.0. The fraction of sp³-hybridized carbons (Fsp3) is 0.375. The summed E-state index contributed by atoms with van der Waals surface area (Å²) in [6.07, 6.45) is -0.00960. The topological polar surface area (TPSA) is 77.4 Å². The van der Waals surface area contributed by atoms with Gasteiger partial charge in [-0.1, -0.05) is 12.1 Å². The standard InChI is InChI=1S/C24H25FN2O5S/c1-15(28)31-13-20(12-30-2)32-24(29)18-5-8-21-17(11-18)9-10-26-22-14-33-23(27(21)22)16-3-6-19(25)7-4-16/h3-8,11,20,23H,9-10,12-14H2,1-2H3. The Hall–Kier alpha value is -2.91. The Morgan fingerprint density at radius 2 is 2.00 bits per heavy atom. The van der Waals surface area contributed by atoms with E-state index in [2.05, 4.69) is 4.90 Å². The van der Waals surface area contributed by atoms with Gasteiger partial charge in [-0.2, -0.15) is 0 Å². The number of fused-ring (bicyclic) bond motifs is 3. The molecule has 2 aliphatic heterocycles. The summed E-state index contributed by atoms with van der Waals surface area (Å²) in [7, 11) is 1.49. The van der Waals surface area contributed by atoms with Crippen molar-refractivity contribution in [3.8, 4) is 0 Å². The number of thioether (sulfide) groups is 1. The number of halogens is 1. The van der Waals surface area contributed by atoms with Gasteiger partial charge in [0, 0.05) is 26.3 Å². The zero-order valence-electron chi connectivity index (χ0n) is 18.5. The number of esters is 2. The molecule has 0 aromatic heterocycles. The number of carbonyl (C=O) groups excluding carboxylic acids is 2. The summed E-state index contributed by atoms with van der Waals surface area (Å²) in [5.41, 5.74) is 3.37. The quantitative estimate of drug-likeness (QED) is 0.568. The van der Waals surface area contributed by atoms with E-state index in [9.17, 15) is 14.0 Å². The smallest absolute Gasteiger partial charge is 0.338 e. The molecule has 2 heterocycles. The average Bonchev–Trinajstić information content (AvgIpc) is 3.12. The van der Waals surface area contributed by atoms with Crippen molar-refractivity contribution in [2.45, 2.75) is 24.8 Å². The van der Waals surface area contributed by atoms with Gasteiger partial charge in [0.05, 0.1) is 17.9 Å². The molecule has 9 heteroatoms. The predicted octanol–water partition coefficient (Wildman–Crippen LogP) is 3.77. The fourth-order valence-electron chi connectivity index (χ4n) is 3.88. The van der Waals surface area contributed by atoms with Crippen LogP contribution < -0.4 is 4.90 Å². The molecule has 1 saturated heterocycles. The maximum atomic E-state index is 13.4. The Kier molecular flexibility index (Phi) is 7.29. The van der Waals surface area contributed by atoms with Gasteiger partial charge in [-0.3, -0.25) is 9.79 Å². The summed E-state index contributed by atoms with van der Waals surface area (Å²) in [6, 6.07) is 12.0. The second-order valence-electron chi connectivity index (χ2n) is 7.76. The molecule has 2 aromatic carbocycles. The van der Waals surface area contributed by atoms with E-state index >= 15 is 0 Å². The molecule has 1 fully saturated rings. The highest BCUT2D eigenvalue weighted by Crippen LogP contribution is 2.44. The highest BCUT2D eigenvalue weighted by Gasteiger charge is 2.35. The molecule has 2 unspecified atom stereocenters. The molecule has 0 N–H and O–H groups in total. The van der Waals surface area contributed by atoms with E-state index in [0.29, 0.717) is 18.5 Å². The third-order valence-corrected chi connectivity index (χ3v) is 6.61. The van der Waals surface area contributed by atoms with Crippen molar-refractivity contribution in [3.63, 3.8) is 0 Å². The molecule has 2 aromatic rings. The lowest BCUT2D eigenvalue weighted by Crippen LogP contribution is -2.29. The second-order valence-corrected chi connectivity index (χ2v) is 8.83. The largest absolute Gasteiger partial charge is 0.462 e. The number of anilines is 1. The molecule has 0 spiro atoms. The van der Waals surface area contributed by atoms with Gasteiger partial charge in [-0.05, 0) is 47.9 Å². The second kappa shape index (κ2) is 10.4. The fourth-order valence-corrected chi connectivity index (χ4v) is 5.15. The van der Waals surface area contributed by atoms with Gasteiger partial charge in [-0.15, -0.1) is 11.8 Å². The maximum absolute atomic E-state index is 13.4. The molecular weight excluding hydrogens is 447 g/mol. The predicted molar refractivity (Wildman–Crippen MR) is 124 cm³/mol. The third-order valence-electron chi connectivity index (χ3n) is 5.39. The Morgan fingerprint density at radius 1 is 1.21 bits per heavy atom. The zero-order chi connectivity index (χ0) is 23.4. The molecule has 0 aliphatic carbocycles. The van der Waals surface area contributed by atoms with Crippen molar-refractivity contribution in [2.75, 3.05) is 37.5 Å². The first-order valence-electron chi connectivity index (χ1n) is 10.6. The van der Waals surface area contributed by atoms with Gasteiger partial charge >= 0.3 is 11.9 Å². The zero-order valence-corrected chi connectivity index (χ0v) is 19.3. The third kappa shape index (κ3) is 5.36. The van der Waals surface area contributed by atoms with Crippen molar-refractivity contribution >= 4 is 35.2 Å². The van der Waals surface area contributed by atoms with Crippen LogP contribution in [0.4, 0.5) is 10.1 Å². The molecule has 4 rings (SSSR count).